The first kappa shape index (κ1) is 25.2. The Morgan fingerprint density at radius 2 is 1.79 bits per heavy atom. The number of anilines is 2. The molecular formula is C19H23N8O10P. The largest absolute Gasteiger partial charge is 0.475 e. The molecule has 1 unspecified atom stereocenters. The van der Waals surface area contributed by atoms with Crippen molar-refractivity contribution in [1.82, 2.24) is 29.1 Å². The van der Waals surface area contributed by atoms with Gasteiger partial charge in [-0.2, -0.15) is 4.98 Å². The monoisotopic (exact) mass is 554 g/mol. The molecule has 204 valence electrons. The van der Waals surface area contributed by atoms with Crippen molar-refractivity contribution in [3.8, 4) is 0 Å². The van der Waals surface area contributed by atoms with Gasteiger partial charge in [-0.15, -0.1) is 0 Å². The molecule has 3 fully saturated rings. The van der Waals surface area contributed by atoms with Crippen LogP contribution in [0.3, 0.4) is 0 Å². The van der Waals surface area contributed by atoms with Crippen LogP contribution in [-0.4, -0.2) is 94.2 Å². The van der Waals surface area contributed by atoms with Crippen molar-refractivity contribution in [2.45, 2.75) is 49.1 Å². The summed E-state index contributed by atoms with van der Waals surface area (Å²) in [6.07, 6.45) is -5.56. The molecule has 0 radical (unpaired) electrons. The lowest BCUT2D eigenvalue weighted by Crippen LogP contribution is -2.34. The number of hydrogen-bond acceptors (Lipinski definition) is 16. The molecule has 7 N–H and O–H groups in total. The standard InChI is InChI=1S/C19H23N8O10P/c20-9-1-2-26(19(31)25-9)18-14-13(7(3-28)34-18)36-38(32,37-14)33-4-8-11(29)12(30)17(35-8)27-6-24-10-15(21)22-5-23-16(10)27/h1-2,5-8,11-14,17-18,28-30H,3-4H2,(H2,20,25,31)(H2,21,22,23)/t7-,8-,11-,12-,13-,14-,17-,18-,38?/m1/s1. The summed E-state index contributed by atoms with van der Waals surface area (Å²) >= 11 is 0. The zero-order valence-electron chi connectivity index (χ0n) is 19.3. The fraction of sp³-hybridized carbons (Fsp3) is 0.526. The predicted molar refractivity (Wildman–Crippen MR) is 123 cm³/mol. The van der Waals surface area contributed by atoms with Gasteiger partial charge >= 0.3 is 13.5 Å². The van der Waals surface area contributed by atoms with Gasteiger partial charge in [-0.25, -0.2) is 24.3 Å². The predicted octanol–water partition coefficient (Wildman–Crippen LogP) is -2.33. The number of nitrogens with two attached hydrogens (primary N) is 2. The van der Waals surface area contributed by atoms with Crippen molar-refractivity contribution < 1.29 is 42.9 Å². The van der Waals surface area contributed by atoms with E-state index in [9.17, 15) is 24.7 Å². The third-order valence-corrected chi connectivity index (χ3v) is 7.96. The number of hydrogen-bond donors (Lipinski definition) is 5. The summed E-state index contributed by atoms with van der Waals surface area (Å²) in [4.78, 5) is 28.0. The Morgan fingerprint density at radius 3 is 2.55 bits per heavy atom. The summed E-state index contributed by atoms with van der Waals surface area (Å²) in [6, 6.07) is 1.36. The minimum Gasteiger partial charge on any atom is -0.394 e. The van der Waals surface area contributed by atoms with Crippen LogP contribution >= 0.6 is 7.82 Å². The van der Waals surface area contributed by atoms with Gasteiger partial charge in [-0.05, 0) is 6.07 Å². The lowest BCUT2D eigenvalue weighted by molar-refractivity contribution is -0.0710. The Hall–Kier alpha value is -3.06. The van der Waals surface area contributed by atoms with Crippen LogP contribution in [0.4, 0.5) is 11.6 Å². The van der Waals surface area contributed by atoms with Gasteiger partial charge in [0.1, 0.15) is 54.3 Å². The van der Waals surface area contributed by atoms with Gasteiger partial charge in [0.2, 0.25) is 0 Å². The number of aromatic nitrogens is 6. The number of ether oxygens (including phenoxy) is 2. The molecule has 18 nitrogen and oxygen atoms in total. The molecule has 0 aliphatic carbocycles. The van der Waals surface area contributed by atoms with Crippen LogP contribution in [0, 0.1) is 0 Å². The molecule has 9 atom stereocenters. The van der Waals surface area contributed by atoms with Crippen LogP contribution in [0.15, 0.2) is 29.7 Å². The molecule has 0 spiro atoms. The highest BCUT2D eigenvalue weighted by Gasteiger charge is 2.59. The highest BCUT2D eigenvalue weighted by molar-refractivity contribution is 7.48. The van der Waals surface area contributed by atoms with Gasteiger partial charge in [0.25, 0.3) is 0 Å². The number of rotatable bonds is 6. The second kappa shape index (κ2) is 9.30. The van der Waals surface area contributed by atoms with Gasteiger partial charge in [-0.1, -0.05) is 0 Å². The summed E-state index contributed by atoms with van der Waals surface area (Å²) < 4.78 is 43.7. The molecule has 3 aliphatic rings. The summed E-state index contributed by atoms with van der Waals surface area (Å²) in [5.74, 6) is 0.119. The molecule has 0 amide bonds. The number of imidazole rings is 1. The van der Waals surface area contributed by atoms with E-state index in [1.807, 2.05) is 0 Å². The van der Waals surface area contributed by atoms with E-state index in [0.29, 0.717) is 0 Å². The highest BCUT2D eigenvalue weighted by Crippen LogP contribution is 2.62. The van der Waals surface area contributed by atoms with Gasteiger partial charge in [-0.3, -0.25) is 22.7 Å². The summed E-state index contributed by atoms with van der Waals surface area (Å²) in [6.45, 7) is -1.03. The highest BCUT2D eigenvalue weighted by atomic mass is 31.2. The molecule has 6 heterocycles. The van der Waals surface area contributed by atoms with Gasteiger partial charge in [0.15, 0.2) is 23.9 Å². The number of nitrogens with zero attached hydrogens (tertiary/aromatic N) is 6. The van der Waals surface area contributed by atoms with E-state index in [-0.39, 0.29) is 22.8 Å². The van der Waals surface area contributed by atoms with Crippen LogP contribution in [0.5, 0.6) is 0 Å². The normalized spacial score (nSPS) is 36.7. The molecule has 6 rings (SSSR count). The van der Waals surface area contributed by atoms with Crippen molar-refractivity contribution in [3.05, 3.63) is 35.4 Å². The van der Waals surface area contributed by atoms with Gasteiger partial charge in [0.05, 0.1) is 19.5 Å². The van der Waals surface area contributed by atoms with E-state index in [2.05, 4.69) is 19.9 Å². The second-order valence-electron chi connectivity index (χ2n) is 8.80. The van der Waals surface area contributed by atoms with Gasteiger partial charge < -0.3 is 36.3 Å². The maximum Gasteiger partial charge on any atom is 0.475 e. The van der Waals surface area contributed by atoms with Crippen molar-refractivity contribution in [2.75, 3.05) is 24.7 Å². The van der Waals surface area contributed by atoms with Crippen LogP contribution in [-0.2, 0) is 27.6 Å². The van der Waals surface area contributed by atoms with Crippen molar-refractivity contribution in [2.24, 2.45) is 0 Å². The van der Waals surface area contributed by atoms with E-state index < -0.39 is 75.8 Å². The Balaban J connectivity index is 1.17. The third-order valence-electron chi connectivity index (χ3n) is 6.49. The molecule has 3 aromatic heterocycles. The van der Waals surface area contributed by atoms with Crippen LogP contribution in [0.25, 0.3) is 11.2 Å². The Labute approximate surface area is 212 Å². The first-order valence-corrected chi connectivity index (χ1v) is 12.8. The van der Waals surface area contributed by atoms with Crippen molar-refractivity contribution >= 4 is 30.6 Å². The van der Waals surface area contributed by atoms with Gasteiger partial charge in [0, 0.05) is 6.20 Å². The molecular weight excluding hydrogens is 531 g/mol. The number of aliphatic hydroxyl groups is 3. The maximum atomic E-state index is 13.3. The number of phosphoric acid groups is 1. The van der Waals surface area contributed by atoms with E-state index >= 15 is 0 Å². The van der Waals surface area contributed by atoms with Crippen molar-refractivity contribution in [3.63, 3.8) is 0 Å². The molecule has 0 bridgehead atoms. The van der Waals surface area contributed by atoms with Crippen LogP contribution < -0.4 is 17.2 Å². The molecule has 3 aromatic rings. The zero-order chi connectivity index (χ0) is 26.8. The number of fused-ring (bicyclic) bond motifs is 2. The number of phosphoric ester groups is 1. The van der Waals surface area contributed by atoms with E-state index in [1.165, 1.54) is 29.5 Å². The van der Waals surface area contributed by atoms with Crippen LogP contribution in [0.2, 0.25) is 0 Å². The lowest BCUT2D eigenvalue weighted by atomic mass is 10.1. The molecule has 0 saturated carbocycles. The minimum absolute atomic E-state index is 0.00711. The smallest absolute Gasteiger partial charge is 0.394 e. The quantitative estimate of drug-likeness (QED) is 0.200. The van der Waals surface area contributed by atoms with Crippen LogP contribution in [0.1, 0.15) is 12.5 Å². The number of aliphatic hydroxyl groups excluding tert-OH is 3. The van der Waals surface area contributed by atoms with E-state index in [0.717, 1.165) is 4.57 Å². The fourth-order valence-electron chi connectivity index (χ4n) is 4.64. The lowest BCUT2D eigenvalue weighted by Gasteiger charge is -2.21. The summed E-state index contributed by atoms with van der Waals surface area (Å²) in [5.41, 5.74) is 11.1. The average Bonchev–Trinajstić information content (AvgIpc) is 3.61. The summed E-state index contributed by atoms with van der Waals surface area (Å²) in [5, 5.41) is 30.9. The topological polar surface area (TPSA) is 254 Å². The fourth-order valence-corrected chi connectivity index (χ4v) is 6.22. The Morgan fingerprint density at radius 1 is 1.03 bits per heavy atom. The Bertz CT molecular complexity index is 1470. The summed E-state index contributed by atoms with van der Waals surface area (Å²) in [7, 11) is -4.29. The first-order chi connectivity index (χ1) is 18.2. The molecule has 0 aromatic carbocycles. The van der Waals surface area contributed by atoms with E-state index in [1.54, 1.807) is 0 Å². The Kier molecular flexibility index (Phi) is 6.17. The molecule has 19 heteroatoms. The van der Waals surface area contributed by atoms with E-state index in [4.69, 9.17) is 34.5 Å². The zero-order valence-corrected chi connectivity index (χ0v) is 20.2. The minimum atomic E-state index is -4.29. The number of nitrogen functional groups attached to an aromatic ring is 2. The SMILES string of the molecule is Nc1ccn([C@@H]2O[C@H](CO)[C@H]3OP(=O)(OC[C@H]4O[C@@H](n5cnc6c(N)ncnc65)[C@H](O)[C@@H]4O)O[C@H]32)c(=O)n1. The second-order valence-corrected chi connectivity index (χ2v) is 10.4. The maximum absolute atomic E-state index is 13.3. The third kappa shape index (κ3) is 4.06. The molecule has 3 saturated heterocycles. The van der Waals surface area contributed by atoms with Crippen molar-refractivity contribution in [1.29, 1.82) is 0 Å². The average molecular weight is 554 g/mol. The molecule has 3 aliphatic heterocycles. The molecule has 38 heavy (non-hydrogen) atoms. The first-order valence-electron chi connectivity index (χ1n) is 11.4.